The topological polar surface area (TPSA) is 83.5 Å². The maximum atomic E-state index is 12.1. The van der Waals surface area contributed by atoms with Crippen LogP contribution in [0.3, 0.4) is 0 Å². The van der Waals surface area contributed by atoms with Crippen LogP contribution in [0.1, 0.15) is 32.8 Å². The Kier molecular flexibility index (Phi) is 6.36. The molecule has 0 aliphatic carbocycles. The van der Waals surface area contributed by atoms with Crippen molar-refractivity contribution in [1.29, 1.82) is 0 Å². The molecule has 0 aromatic heterocycles. The minimum atomic E-state index is -3.57. The second-order valence-corrected chi connectivity index (χ2v) is 7.43. The molecule has 0 bridgehead atoms. The van der Waals surface area contributed by atoms with E-state index >= 15 is 0 Å². The number of benzene rings is 1. The smallest absolute Gasteiger partial charge is 0.306 e. The lowest BCUT2D eigenvalue weighted by Crippen LogP contribution is -2.27. The summed E-state index contributed by atoms with van der Waals surface area (Å²) in [6.45, 7) is 5.88. The van der Waals surface area contributed by atoms with Gasteiger partial charge in [-0.25, -0.2) is 13.1 Å². The third kappa shape index (κ3) is 5.85. The van der Waals surface area contributed by atoms with Crippen LogP contribution in [0.4, 0.5) is 0 Å². The van der Waals surface area contributed by atoms with Crippen molar-refractivity contribution in [2.75, 3.05) is 6.54 Å². The molecule has 0 fully saturated rings. The fourth-order valence-corrected chi connectivity index (χ4v) is 2.94. The van der Waals surface area contributed by atoms with Crippen molar-refractivity contribution in [2.45, 2.75) is 38.5 Å². The van der Waals surface area contributed by atoms with Crippen molar-refractivity contribution in [3.63, 3.8) is 0 Å². The molecule has 0 saturated heterocycles. The number of rotatable bonds is 8. The van der Waals surface area contributed by atoms with Gasteiger partial charge < -0.3 is 5.11 Å². The molecule has 0 radical (unpaired) electrons. The minimum Gasteiger partial charge on any atom is -0.481 e. The summed E-state index contributed by atoms with van der Waals surface area (Å²) < 4.78 is 26.5. The number of hydrogen-bond donors (Lipinski definition) is 2. The van der Waals surface area contributed by atoms with Crippen molar-refractivity contribution >= 4 is 16.0 Å². The number of carboxylic acids is 1. The average molecular weight is 313 g/mol. The largest absolute Gasteiger partial charge is 0.481 e. The van der Waals surface area contributed by atoms with Gasteiger partial charge in [0.2, 0.25) is 10.0 Å². The molecule has 0 amide bonds. The van der Waals surface area contributed by atoms with Crippen LogP contribution in [0.2, 0.25) is 0 Å². The van der Waals surface area contributed by atoms with E-state index in [-0.39, 0.29) is 17.9 Å². The van der Waals surface area contributed by atoms with Gasteiger partial charge in [0, 0.05) is 6.54 Å². The van der Waals surface area contributed by atoms with Gasteiger partial charge in [0.1, 0.15) is 0 Å². The fourth-order valence-electron chi connectivity index (χ4n) is 1.89. The molecule has 21 heavy (non-hydrogen) atoms. The Bertz CT molecular complexity index is 564. The number of carboxylic acid groups (broad SMARTS) is 1. The lowest BCUT2D eigenvalue weighted by molar-refractivity contribution is -0.141. The number of nitrogens with one attached hydrogen (secondary N) is 1. The Balaban J connectivity index is 2.64. The molecule has 0 spiro atoms. The van der Waals surface area contributed by atoms with Gasteiger partial charge in [0.25, 0.3) is 0 Å². The van der Waals surface area contributed by atoms with Crippen molar-refractivity contribution in [1.82, 2.24) is 4.72 Å². The summed E-state index contributed by atoms with van der Waals surface area (Å²) in [6.07, 6.45) is 1.17. The van der Waals surface area contributed by atoms with Crippen LogP contribution in [0, 0.1) is 11.8 Å². The normalized spacial score (nSPS) is 13.3. The number of sulfonamides is 1. The zero-order valence-corrected chi connectivity index (χ0v) is 13.5. The maximum absolute atomic E-state index is 12.1. The first kappa shape index (κ1) is 17.7. The third-order valence-electron chi connectivity index (χ3n) is 3.17. The van der Waals surface area contributed by atoms with Gasteiger partial charge in [0.15, 0.2) is 0 Å². The van der Waals surface area contributed by atoms with Crippen LogP contribution < -0.4 is 4.72 Å². The second kappa shape index (κ2) is 7.56. The van der Waals surface area contributed by atoms with Crippen LogP contribution in [0.25, 0.3) is 0 Å². The SMILES string of the molecule is CC(C)Cc1ccc(S(=O)(=O)NCCC(C)C(=O)O)cc1. The van der Waals surface area contributed by atoms with Gasteiger partial charge in [-0.05, 0) is 36.5 Å². The highest BCUT2D eigenvalue weighted by molar-refractivity contribution is 7.89. The van der Waals surface area contributed by atoms with Crippen LogP contribution in [0.5, 0.6) is 0 Å². The van der Waals surface area contributed by atoms with Gasteiger partial charge in [-0.3, -0.25) is 4.79 Å². The van der Waals surface area contributed by atoms with Gasteiger partial charge in [-0.2, -0.15) is 0 Å². The summed E-state index contributed by atoms with van der Waals surface area (Å²) in [7, 11) is -3.57. The molecule has 118 valence electrons. The van der Waals surface area contributed by atoms with Crippen molar-refractivity contribution in [3.05, 3.63) is 29.8 Å². The molecule has 1 atom stereocenters. The molecule has 2 N–H and O–H groups in total. The summed E-state index contributed by atoms with van der Waals surface area (Å²) in [4.78, 5) is 10.9. The van der Waals surface area contributed by atoms with E-state index in [0.29, 0.717) is 5.92 Å². The molecule has 1 aromatic rings. The van der Waals surface area contributed by atoms with Crippen molar-refractivity contribution in [3.8, 4) is 0 Å². The van der Waals surface area contributed by atoms with Crippen molar-refractivity contribution in [2.24, 2.45) is 11.8 Å². The number of carbonyl (C=O) groups is 1. The van der Waals surface area contributed by atoms with E-state index in [0.717, 1.165) is 12.0 Å². The van der Waals surface area contributed by atoms with E-state index in [9.17, 15) is 13.2 Å². The maximum Gasteiger partial charge on any atom is 0.306 e. The van der Waals surface area contributed by atoms with Crippen molar-refractivity contribution < 1.29 is 18.3 Å². The Hall–Kier alpha value is -1.40. The summed E-state index contributed by atoms with van der Waals surface area (Å²) in [5.74, 6) is -0.976. The molecule has 0 aliphatic rings. The highest BCUT2D eigenvalue weighted by atomic mass is 32.2. The summed E-state index contributed by atoms with van der Waals surface area (Å²) in [5, 5.41) is 8.75. The van der Waals surface area contributed by atoms with E-state index in [1.54, 1.807) is 19.1 Å². The van der Waals surface area contributed by atoms with Crippen LogP contribution in [0.15, 0.2) is 29.2 Å². The van der Waals surface area contributed by atoms with Gasteiger partial charge in [0.05, 0.1) is 10.8 Å². The molecule has 5 nitrogen and oxygen atoms in total. The van der Waals surface area contributed by atoms with E-state index in [1.165, 1.54) is 0 Å². The molecular weight excluding hydrogens is 290 g/mol. The minimum absolute atomic E-state index is 0.115. The average Bonchev–Trinajstić information content (AvgIpc) is 2.38. The molecule has 0 aliphatic heterocycles. The second-order valence-electron chi connectivity index (χ2n) is 5.67. The lowest BCUT2D eigenvalue weighted by Gasteiger charge is -2.10. The summed E-state index contributed by atoms with van der Waals surface area (Å²) >= 11 is 0. The monoisotopic (exact) mass is 313 g/mol. The van der Waals surface area contributed by atoms with Crippen LogP contribution in [-0.2, 0) is 21.2 Å². The Morgan fingerprint density at radius 3 is 2.24 bits per heavy atom. The zero-order chi connectivity index (χ0) is 16.0. The third-order valence-corrected chi connectivity index (χ3v) is 4.65. The molecule has 1 rings (SSSR count). The molecular formula is C15H23NO4S. The number of hydrogen-bond acceptors (Lipinski definition) is 3. The van der Waals surface area contributed by atoms with Crippen LogP contribution >= 0.6 is 0 Å². The summed E-state index contributed by atoms with van der Waals surface area (Å²) in [6, 6.07) is 6.80. The molecule has 1 unspecified atom stereocenters. The van der Waals surface area contributed by atoms with E-state index in [4.69, 9.17) is 5.11 Å². The first-order valence-corrected chi connectivity index (χ1v) is 8.52. The lowest BCUT2D eigenvalue weighted by atomic mass is 10.0. The van der Waals surface area contributed by atoms with E-state index in [1.807, 2.05) is 12.1 Å². The predicted molar refractivity (Wildman–Crippen MR) is 81.6 cm³/mol. The number of aliphatic carboxylic acids is 1. The Morgan fingerprint density at radius 1 is 1.19 bits per heavy atom. The molecule has 1 aromatic carbocycles. The quantitative estimate of drug-likeness (QED) is 0.771. The van der Waals surface area contributed by atoms with Gasteiger partial charge in [-0.1, -0.05) is 32.9 Å². The van der Waals surface area contributed by atoms with E-state index < -0.39 is 21.9 Å². The van der Waals surface area contributed by atoms with E-state index in [2.05, 4.69) is 18.6 Å². The Labute approximate surface area is 126 Å². The Morgan fingerprint density at radius 2 is 1.76 bits per heavy atom. The fraction of sp³-hybridized carbons (Fsp3) is 0.533. The van der Waals surface area contributed by atoms with Gasteiger partial charge in [-0.15, -0.1) is 0 Å². The first-order chi connectivity index (χ1) is 9.72. The first-order valence-electron chi connectivity index (χ1n) is 7.04. The standard InChI is InChI=1S/C15H23NO4S/c1-11(2)10-13-4-6-14(7-5-13)21(19,20)16-9-8-12(3)15(17)18/h4-7,11-12,16H,8-10H2,1-3H3,(H,17,18). The highest BCUT2D eigenvalue weighted by Crippen LogP contribution is 2.13. The van der Waals surface area contributed by atoms with Crippen LogP contribution in [-0.4, -0.2) is 26.0 Å². The molecule has 0 saturated carbocycles. The predicted octanol–water partition coefficient (Wildman–Crippen LogP) is 2.27. The highest BCUT2D eigenvalue weighted by Gasteiger charge is 2.16. The molecule has 6 heteroatoms. The van der Waals surface area contributed by atoms with Gasteiger partial charge >= 0.3 is 5.97 Å². The summed E-state index contributed by atoms with van der Waals surface area (Å²) in [5.41, 5.74) is 1.10. The zero-order valence-electron chi connectivity index (χ0n) is 12.7. The molecule has 0 heterocycles.